The fourth-order valence-corrected chi connectivity index (χ4v) is 3.65. The number of thioether (sulfide) groups is 1. The normalized spacial score (nSPS) is 23.3. The zero-order chi connectivity index (χ0) is 12.5. The first-order valence-electron chi connectivity index (χ1n) is 6.01. The summed E-state index contributed by atoms with van der Waals surface area (Å²) < 4.78 is 0. The number of imide groups is 1. The molecule has 1 aromatic carbocycles. The maximum Gasteiger partial charge on any atom is 0.243 e. The number of carbonyl (C=O) groups is 2. The Labute approximate surface area is 110 Å². The molecule has 1 atom stereocenters. The molecule has 1 N–H and O–H groups in total. The third kappa shape index (κ3) is 2.04. The number of rotatable bonds is 2. The van der Waals surface area contributed by atoms with Crippen LogP contribution in [0, 0.1) is 0 Å². The second-order valence-electron chi connectivity index (χ2n) is 4.55. The zero-order valence-corrected chi connectivity index (χ0v) is 10.7. The van der Waals surface area contributed by atoms with Crippen molar-refractivity contribution >= 4 is 23.6 Å². The first-order valence-corrected chi connectivity index (χ1v) is 7.00. The van der Waals surface area contributed by atoms with Crippen molar-refractivity contribution in [2.24, 2.45) is 0 Å². The Bertz CT molecular complexity index is 488. The molecule has 1 aromatic rings. The van der Waals surface area contributed by atoms with E-state index in [0.717, 1.165) is 5.75 Å². The molecular weight excluding hydrogens is 248 g/mol. The topological polar surface area (TPSA) is 49.4 Å². The number of amides is 2. The lowest BCUT2D eigenvalue weighted by Gasteiger charge is -2.28. The van der Waals surface area contributed by atoms with Gasteiger partial charge < -0.3 is 0 Å². The van der Waals surface area contributed by atoms with Crippen molar-refractivity contribution in [2.45, 2.75) is 10.8 Å². The van der Waals surface area contributed by atoms with Gasteiger partial charge in [-0.2, -0.15) is 0 Å². The van der Waals surface area contributed by atoms with Crippen molar-refractivity contribution in [3.05, 3.63) is 29.8 Å². The van der Waals surface area contributed by atoms with Crippen LogP contribution in [0.25, 0.3) is 0 Å². The second kappa shape index (κ2) is 4.74. The molecule has 0 spiro atoms. The van der Waals surface area contributed by atoms with Crippen LogP contribution in [0.15, 0.2) is 29.2 Å². The molecule has 2 aliphatic heterocycles. The van der Waals surface area contributed by atoms with Crippen LogP contribution < -0.4 is 5.32 Å². The molecular formula is C13H14N2O2S. The van der Waals surface area contributed by atoms with Crippen LogP contribution in [0.1, 0.15) is 11.5 Å². The van der Waals surface area contributed by atoms with Crippen molar-refractivity contribution in [2.75, 3.05) is 25.4 Å². The fraction of sp³-hybridized carbons (Fsp3) is 0.385. The lowest BCUT2D eigenvalue weighted by Crippen LogP contribution is -2.53. The Morgan fingerprint density at radius 3 is 2.72 bits per heavy atom. The van der Waals surface area contributed by atoms with Gasteiger partial charge in [-0.3, -0.25) is 19.8 Å². The predicted octanol–water partition coefficient (Wildman–Crippen LogP) is 0.834. The number of carbonyl (C=O) groups excluding carboxylic acids is 2. The number of hydrogen-bond donors (Lipinski definition) is 1. The summed E-state index contributed by atoms with van der Waals surface area (Å²) in [5.41, 5.74) is 1.27. The molecule has 4 nitrogen and oxygen atoms in total. The van der Waals surface area contributed by atoms with Crippen LogP contribution >= 0.6 is 11.8 Å². The number of fused-ring (bicyclic) bond motifs is 1. The molecule has 2 amide bonds. The predicted molar refractivity (Wildman–Crippen MR) is 69.5 cm³/mol. The first kappa shape index (κ1) is 11.7. The molecule has 2 heterocycles. The van der Waals surface area contributed by atoms with Gasteiger partial charge in [-0.15, -0.1) is 11.8 Å². The highest BCUT2D eigenvalue weighted by Gasteiger charge is 2.31. The van der Waals surface area contributed by atoms with Crippen molar-refractivity contribution in [3.8, 4) is 0 Å². The molecule has 0 saturated carbocycles. The summed E-state index contributed by atoms with van der Waals surface area (Å²) in [5, 5.41) is 2.81. The van der Waals surface area contributed by atoms with Crippen LogP contribution in [0.2, 0.25) is 0 Å². The van der Waals surface area contributed by atoms with Crippen molar-refractivity contribution in [1.82, 2.24) is 10.2 Å². The minimum Gasteiger partial charge on any atom is -0.300 e. The van der Waals surface area contributed by atoms with Crippen molar-refractivity contribution < 1.29 is 9.59 Å². The summed E-state index contributed by atoms with van der Waals surface area (Å²) in [5.74, 6) is 1.00. The van der Waals surface area contributed by atoms with Gasteiger partial charge >= 0.3 is 0 Å². The summed E-state index contributed by atoms with van der Waals surface area (Å²) >= 11 is 1.80. The van der Waals surface area contributed by atoms with Gasteiger partial charge in [-0.25, -0.2) is 0 Å². The van der Waals surface area contributed by atoms with E-state index < -0.39 is 0 Å². The van der Waals surface area contributed by atoms with E-state index in [1.807, 2.05) is 12.1 Å². The van der Waals surface area contributed by atoms with Crippen LogP contribution in [0.3, 0.4) is 0 Å². The van der Waals surface area contributed by atoms with E-state index >= 15 is 0 Å². The number of hydrogen-bond acceptors (Lipinski definition) is 4. The molecule has 94 valence electrons. The van der Waals surface area contributed by atoms with Crippen LogP contribution in [0.4, 0.5) is 0 Å². The average Bonchev–Trinajstić information content (AvgIpc) is 2.77. The summed E-state index contributed by atoms with van der Waals surface area (Å²) in [7, 11) is 0. The average molecular weight is 262 g/mol. The molecule has 5 heteroatoms. The van der Waals surface area contributed by atoms with Gasteiger partial charge in [0.15, 0.2) is 0 Å². The monoisotopic (exact) mass is 262 g/mol. The van der Waals surface area contributed by atoms with Gasteiger partial charge in [0.1, 0.15) is 0 Å². The maximum absolute atomic E-state index is 11.7. The van der Waals surface area contributed by atoms with E-state index in [9.17, 15) is 9.59 Å². The number of nitrogens with zero attached hydrogens (tertiary/aromatic N) is 1. The van der Waals surface area contributed by atoms with Gasteiger partial charge in [0.2, 0.25) is 11.8 Å². The van der Waals surface area contributed by atoms with Gasteiger partial charge in [0.05, 0.1) is 13.1 Å². The molecule has 0 aliphatic carbocycles. The summed E-state index contributed by atoms with van der Waals surface area (Å²) in [6, 6.07) is 8.23. The SMILES string of the molecule is O=C1CNCC(=O)N1CC1CSc2ccccc21. The standard InChI is InChI=1S/C13H14N2O2S/c16-12-5-14-6-13(17)15(12)7-9-8-18-11-4-2-1-3-10(9)11/h1-4,9,14H,5-8H2. The van der Waals surface area contributed by atoms with Crippen molar-refractivity contribution in [3.63, 3.8) is 0 Å². The zero-order valence-electron chi connectivity index (χ0n) is 9.89. The van der Waals surface area contributed by atoms with Gasteiger partial charge in [-0.1, -0.05) is 18.2 Å². The van der Waals surface area contributed by atoms with Crippen LogP contribution in [0.5, 0.6) is 0 Å². The highest BCUT2D eigenvalue weighted by atomic mass is 32.2. The van der Waals surface area contributed by atoms with E-state index in [1.165, 1.54) is 15.4 Å². The van der Waals surface area contributed by atoms with Crippen LogP contribution in [-0.2, 0) is 9.59 Å². The van der Waals surface area contributed by atoms with E-state index in [-0.39, 0.29) is 30.8 Å². The largest absolute Gasteiger partial charge is 0.300 e. The fourth-order valence-electron chi connectivity index (χ4n) is 2.41. The molecule has 1 unspecified atom stereocenters. The third-order valence-corrected chi connectivity index (χ3v) is 4.61. The summed E-state index contributed by atoms with van der Waals surface area (Å²) in [4.78, 5) is 26.2. The van der Waals surface area contributed by atoms with E-state index in [1.54, 1.807) is 11.8 Å². The molecule has 18 heavy (non-hydrogen) atoms. The smallest absolute Gasteiger partial charge is 0.243 e. The van der Waals surface area contributed by atoms with Gasteiger partial charge in [0, 0.05) is 23.1 Å². The molecule has 1 fully saturated rings. The molecule has 0 aromatic heterocycles. The molecule has 3 rings (SSSR count). The number of benzene rings is 1. The Morgan fingerprint density at radius 2 is 1.94 bits per heavy atom. The third-order valence-electron chi connectivity index (χ3n) is 3.36. The summed E-state index contributed by atoms with van der Waals surface area (Å²) in [6.07, 6.45) is 0. The second-order valence-corrected chi connectivity index (χ2v) is 5.61. The van der Waals surface area contributed by atoms with Gasteiger partial charge in [-0.05, 0) is 11.6 Å². The Kier molecular flexibility index (Phi) is 3.09. The molecule has 2 aliphatic rings. The van der Waals surface area contributed by atoms with Crippen molar-refractivity contribution in [1.29, 1.82) is 0 Å². The first-order chi connectivity index (χ1) is 8.75. The molecule has 0 bridgehead atoms. The highest BCUT2D eigenvalue weighted by Crippen LogP contribution is 2.39. The lowest BCUT2D eigenvalue weighted by molar-refractivity contribution is -0.146. The minimum absolute atomic E-state index is 0.111. The van der Waals surface area contributed by atoms with E-state index in [4.69, 9.17) is 0 Å². The minimum atomic E-state index is -0.111. The molecule has 1 saturated heterocycles. The lowest BCUT2D eigenvalue weighted by atomic mass is 10.0. The van der Waals surface area contributed by atoms with E-state index in [0.29, 0.717) is 6.54 Å². The highest BCUT2D eigenvalue weighted by molar-refractivity contribution is 7.99. The van der Waals surface area contributed by atoms with Gasteiger partial charge in [0.25, 0.3) is 0 Å². The van der Waals surface area contributed by atoms with E-state index in [2.05, 4.69) is 17.4 Å². The number of nitrogens with one attached hydrogen (secondary N) is 1. The Hall–Kier alpha value is -1.33. The quantitative estimate of drug-likeness (QED) is 0.802. The van der Waals surface area contributed by atoms with Crippen LogP contribution in [-0.4, -0.2) is 42.1 Å². The Balaban J connectivity index is 1.78. The molecule has 0 radical (unpaired) electrons. The number of piperazine rings is 1. The summed E-state index contributed by atoms with van der Waals surface area (Å²) in [6.45, 7) is 1.06. The maximum atomic E-state index is 11.7. The Morgan fingerprint density at radius 1 is 1.22 bits per heavy atom.